The summed E-state index contributed by atoms with van der Waals surface area (Å²) in [6.45, 7) is 3.44. The highest BCUT2D eigenvalue weighted by atomic mass is 15.1. The minimum atomic E-state index is 0.767. The van der Waals surface area contributed by atoms with Crippen LogP contribution in [0, 0.1) is 5.92 Å². The number of nitrogens with one attached hydrogen (secondary N) is 1. The highest BCUT2D eigenvalue weighted by Crippen LogP contribution is 2.19. The molecule has 2 heteroatoms. The topological polar surface area (TPSA) is 26.1 Å². The Kier molecular flexibility index (Phi) is 1.02. The summed E-state index contributed by atoms with van der Waals surface area (Å²) in [6.07, 6.45) is 1.33. The molecule has 2 atom stereocenters. The molecule has 2 aliphatic rings. The number of piperidine rings is 1. The predicted molar refractivity (Wildman–Crippen MR) is 31.8 cm³/mol. The predicted octanol–water partition coefficient (Wildman–Crippen LogP) is -0.417. The summed E-state index contributed by atoms with van der Waals surface area (Å²) in [6, 6.07) is 0.767. The van der Waals surface area contributed by atoms with Crippen molar-refractivity contribution < 1.29 is 0 Å². The third kappa shape index (κ3) is 0.565. The van der Waals surface area contributed by atoms with Gasteiger partial charge in [0, 0.05) is 19.1 Å². The molecule has 2 unspecified atom stereocenters. The fourth-order valence-electron chi connectivity index (χ4n) is 1.46. The molecule has 2 fully saturated rings. The van der Waals surface area contributed by atoms with E-state index in [1.807, 2.05) is 0 Å². The standard InChI is InChI=1S/C6H11N2/c1-2-7-4-6-5(1)3-8-6/h5-6,8H,1-4H2. The zero-order valence-electron chi connectivity index (χ0n) is 4.93. The van der Waals surface area contributed by atoms with Crippen molar-refractivity contribution in [1.82, 2.24) is 10.6 Å². The molecule has 0 saturated carbocycles. The van der Waals surface area contributed by atoms with Crippen molar-refractivity contribution in [3.63, 3.8) is 0 Å². The number of hydrogen-bond acceptors (Lipinski definition) is 1. The molecule has 0 spiro atoms. The summed E-state index contributed by atoms with van der Waals surface area (Å²) >= 11 is 0. The SMILES string of the molecule is C1CC2CNC2C[N]1. The van der Waals surface area contributed by atoms with E-state index < -0.39 is 0 Å². The van der Waals surface area contributed by atoms with Gasteiger partial charge in [0.15, 0.2) is 0 Å². The fourth-order valence-corrected chi connectivity index (χ4v) is 1.46. The van der Waals surface area contributed by atoms with Crippen LogP contribution in [0.3, 0.4) is 0 Å². The molecule has 0 aromatic heterocycles. The summed E-state index contributed by atoms with van der Waals surface area (Å²) in [4.78, 5) is 0. The van der Waals surface area contributed by atoms with Gasteiger partial charge >= 0.3 is 0 Å². The molecule has 1 N–H and O–H groups in total. The van der Waals surface area contributed by atoms with Gasteiger partial charge in [0.1, 0.15) is 0 Å². The molecule has 2 nitrogen and oxygen atoms in total. The molecule has 2 aliphatic heterocycles. The third-order valence-corrected chi connectivity index (χ3v) is 2.20. The van der Waals surface area contributed by atoms with Gasteiger partial charge < -0.3 is 5.32 Å². The Morgan fingerprint density at radius 1 is 1.50 bits per heavy atom. The average Bonchev–Trinajstić information content (AvgIpc) is 1.72. The van der Waals surface area contributed by atoms with E-state index in [1.54, 1.807) is 0 Å². The van der Waals surface area contributed by atoms with E-state index in [9.17, 15) is 0 Å². The first-order chi connectivity index (χ1) is 3.97. The zero-order chi connectivity index (χ0) is 5.40. The van der Waals surface area contributed by atoms with Crippen molar-refractivity contribution in [2.24, 2.45) is 5.92 Å². The van der Waals surface area contributed by atoms with Crippen LogP contribution >= 0.6 is 0 Å². The largest absolute Gasteiger partial charge is 0.312 e. The molecule has 2 heterocycles. The molecular formula is C6H11N2. The summed E-state index contributed by atoms with van der Waals surface area (Å²) in [5, 5.41) is 7.65. The maximum Gasteiger partial charge on any atom is 0.0290 e. The van der Waals surface area contributed by atoms with E-state index in [0.717, 1.165) is 25.0 Å². The van der Waals surface area contributed by atoms with Crippen LogP contribution in [0.5, 0.6) is 0 Å². The van der Waals surface area contributed by atoms with Gasteiger partial charge in [-0.05, 0) is 18.9 Å². The molecule has 0 aromatic rings. The quantitative estimate of drug-likeness (QED) is 0.451. The number of hydrogen-bond donors (Lipinski definition) is 1. The Morgan fingerprint density at radius 3 is 2.88 bits per heavy atom. The maximum absolute atomic E-state index is 4.30. The van der Waals surface area contributed by atoms with Gasteiger partial charge in [-0.15, -0.1) is 0 Å². The summed E-state index contributed by atoms with van der Waals surface area (Å²) < 4.78 is 0. The molecule has 0 aliphatic carbocycles. The van der Waals surface area contributed by atoms with Gasteiger partial charge in [0.05, 0.1) is 0 Å². The van der Waals surface area contributed by atoms with Crippen molar-refractivity contribution in [3.8, 4) is 0 Å². The van der Waals surface area contributed by atoms with Gasteiger partial charge in [-0.3, -0.25) is 0 Å². The highest BCUT2D eigenvalue weighted by Gasteiger charge is 2.32. The van der Waals surface area contributed by atoms with Crippen LogP contribution in [0.4, 0.5) is 0 Å². The minimum Gasteiger partial charge on any atom is -0.312 e. The molecule has 0 bridgehead atoms. The van der Waals surface area contributed by atoms with Gasteiger partial charge in [-0.1, -0.05) is 0 Å². The molecule has 2 saturated heterocycles. The Labute approximate surface area is 49.7 Å². The van der Waals surface area contributed by atoms with E-state index in [1.165, 1.54) is 13.0 Å². The second-order valence-corrected chi connectivity index (χ2v) is 2.69. The van der Waals surface area contributed by atoms with Crippen LogP contribution in [0.15, 0.2) is 0 Å². The van der Waals surface area contributed by atoms with Crippen molar-refractivity contribution in [3.05, 3.63) is 0 Å². The van der Waals surface area contributed by atoms with Crippen molar-refractivity contribution in [2.75, 3.05) is 19.6 Å². The summed E-state index contributed by atoms with van der Waals surface area (Å²) in [7, 11) is 0. The molecule has 8 heavy (non-hydrogen) atoms. The van der Waals surface area contributed by atoms with Crippen molar-refractivity contribution in [1.29, 1.82) is 0 Å². The Hall–Kier alpha value is -0.0800. The first kappa shape index (κ1) is 4.77. The monoisotopic (exact) mass is 111 g/mol. The lowest BCUT2D eigenvalue weighted by atomic mass is 9.86. The first-order valence-electron chi connectivity index (χ1n) is 3.33. The van der Waals surface area contributed by atoms with E-state index in [2.05, 4.69) is 10.6 Å². The lowest BCUT2D eigenvalue weighted by molar-refractivity contribution is 0.178. The second kappa shape index (κ2) is 1.71. The van der Waals surface area contributed by atoms with Crippen molar-refractivity contribution in [2.45, 2.75) is 12.5 Å². The molecule has 45 valence electrons. The maximum atomic E-state index is 4.30. The van der Waals surface area contributed by atoms with E-state index >= 15 is 0 Å². The number of fused-ring (bicyclic) bond motifs is 1. The number of nitrogens with zero attached hydrogens (tertiary/aromatic N) is 1. The van der Waals surface area contributed by atoms with Crippen LogP contribution in [-0.2, 0) is 0 Å². The lowest BCUT2D eigenvalue weighted by Crippen LogP contribution is -2.59. The van der Waals surface area contributed by atoms with E-state index in [-0.39, 0.29) is 0 Å². The fraction of sp³-hybridized carbons (Fsp3) is 1.00. The Balaban J connectivity index is 1.92. The molecule has 2 rings (SSSR count). The average molecular weight is 111 g/mol. The van der Waals surface area contributed by atoms with Crippen LogP contribution in [0.25, 0.3) is 0 Å². The zero-order valence-corrected chi connectivity index (χ0v) is 4.93. The van der Waals surface area contributed by atoms with E-state index in [0.29, 0.717) is 0 Å². The van der Waals surface area contributed by atoms with Crippen LogP contribution < -0.4 is 10.6 Å². The van der Waals surface area contributed by atoms with E-state index in [4.69, 9.17) is 0 Å². The Morgan fingerprint density at radius 2 is 2.50 bits per heavy atom. The highest BCUT2D eigenvalue weighted by molar-refractivity contribution is 4.92. The van der Waals surface area contributed by atoms with Gasteiger partial charge in [-0.2, -0.15) is 0 Å². The first-order valence-corrected chi connectivity index (χ1v) is 3.33. The molecule has 1 radical (unpaired) electrons. The third-order valence-electron chi connectivity index (χ3n) is 2.20. The van der Waals surface area contributed by atoms with Gasteiger partial charge in [-0.25, -0.2) is 5.32 Å². The molecule has 0 amide bonds. The molecular weight excluding hydrogens is 100 g/mol. The van der Waals surface area contributed by atoms with Crippen LogP contribution in [-0.4, -0.2) is 25.7 Å². The second-order valence-electron chi connectivity index (χ2n) is 2.69. The van der Waals surface area contributed by atoms with Crippen LogP contribution in [0.2, 0.25) is 0 Å². The van der Waals surface area contributed by atoms with Crippen LogP contribution in [0.1, 0.15) is 6.42 Å². The number of rotatable bonds is 0. The van der Waals surface area contributed by atoms with Crippen molar-refractivity contribution >= 4 is 0 Å². The normalized spacial score (nSPS) is 45.0. The smallest absolute Gasteiger partial charge is 0.0290 e. The van der Waals surface area contributed by atoms with Gasteiger partial charge in [0.25, 0.3) is 0 Å². The summed E-state index contributed by atoms with van der Waals surface area (Å²) in [5.74, 6) is 0.979. The molecule has 0 aromatic carbocycles. The summed E-state index contributed by atoms with van der Waals surface area (Å²) in [5.41, 5.74) is 0. The Bertz CT molecular complexity index is 80.5. The minimum absolute atomic E-state index is 0.767. The lowest BCUT2D eigenvalue weighted by Gasteiger charge is -2.41. The van der Waals surface area contributed by atoms with Gasteiger partial charge in [0.2, 0.25) is 0 Å².